The fourth-order valence-electron chi connectivity index (χ4n) is 4.15. The number of benzene rings is 1. The largest absolute Gasteiger partial charge is 0.456 e. The van der Waals surface area contributed by atoms with Crippen LogP contribution in [0, 0.1) is 5.92 Å². The molecule has 1 heterocycles. The molecule has 7 heteroatoms. The summed E-state index contributed by atoms with van der Waals surface area (Å²) in [4.78, 5) is 12.5. The van der Waals surface area contributed by atoms with Crippen molar-refractivity contribution in [3.05, 3.63) is 47.0 Å². The number of alkyl halides is 2. The third-order valence-corrected chi connectivity index (χ3v) is 6.80. The summed E-state index contributed by atoms with van der Waals surface area (Å²) < 4.78 is 40.5. The van der Waals surface area contributed by atoms with E-state index in [4.69, 9.17) is 9.47 Å². The molecule has 0 radical (unpaired) electrons. The van der Waals surface area contributed by atoms with E-state index in [0.29, 0.717) is 17.6 Å². The van der Waals surface area contributed by atoms with E-state index in [2.05, 4.69) is 0 Å². The number of halogens is 2. The molecule has 5 nitrogen and oxygen atoms in total. The number of carbonyl (C=O) groups is 1. The highest BCUT2D eigenvalue weighted by Crippen LogP contribution is 2.33. The number of aliphatic hydroxyl groups excluding tert-OH is 2. The molecule has 0 amide bonds. The van der Waals surface area contributed by atoms with Gasteiger partial charge in [0.2, 0.25) is 6.17 Å². The third-order valence-electron chi connectivity index (χ3n) is 6.80. The van der Waals surface area contributed by atoms with Gasteiger partial charge in [-0.15, -0.1) is 0 Å². The van der Waals surface area contributed by atoms with E-state index in [-0.39, 0.29) is 31.8 Å². The Balaban J connectivity index is 2.46. The number of fused-ring (bicyclic) bond motifs is 2. The number of hydrogen-bond donors (Lipinski definition) is 2. The van der Waals surface area contributed by atoms with Crippen LogP contribution in [0.1, 0.15) is 58.1 Å². The zero-order chi connectivity index (χ0) is 24.8. The minimum Gasteiger partial charge on any atom is -0.456 e. The molecule has 0 saturated carbocycles. The van der Waals surface area contributed by atoms with Crippen molar-refractivity contribution < 1.29 is 33.3 Å². The van der Waals surface area contributed by atoms with Crippen LogP contribution < -0.4 is 0 Å². The topological polar surface area (TPSA) is 76.0 Å². The van der Waals surface area contributed by atoms with E-state index in [1.807, 2.05) is 26.8 Å². The molecular weight excluding hydrogens is 430 g/mol. The summed E-state index contributed by atoms with van der Waals surface area (Å²) in [5.74, 6) is -1.41. The first kappa shape index (κ1) is 27.4. The fraction of sp³-hybridized carbons (Fsp3) is 0.654. The van der Waals surface area contributed by atoms with Gasteiger partial charge >= 0.3 is 5.97 Å². The molecule has 0 aromatic heterocycles. The van der Waals surface area contributed by atoms with Crippen molar-refractivity contribution >= 4 is 5.97 Å². The first-order valence-electron chi connectivity index (χ1n) is 11.6. The monoisotopic (exact) mass is 468 g/mol. The standard InChI is InChI=1S/C26H38F2O5/c1-6-17(15-29)10-16(2)22-13-20(32-5)14-23(30)26(3,4)19-9-7-8-18(11-19)12-21(27)24(28)25(31)33-22/h7-11,17,20-24,29-30H,6,12-15H2,1-5H3/b16-10-/t17-,20-,21-,22?,23+,24+/m1/s1. The van der Waals surface area contributed by atoms with Gasteiger partial charge in [0.1, 0.15) is 12.3 Å². The highest BCUT2D eigenvalue weighted by molar-refractivity contribution is 5.75. The molecule has 0 fully saturated rings. The molecule has 0 aliphatic carbocycles. The summed E-state index contributed by atoms with van der Waals surface area (Å²) in [5.41, 5.74) is 1.29. The maximum absolute atomic E-state index is 14.8. The Morgan fingerprint density at radius 3 is 2.64 bits per heavy atom. The summed E-state index contributed by atoms with van der Waals surface area (Å²) in [6.07, 6.45) is -4.04. The van der Waals surface area contributed by atoms with E-state index in [0.717, 1.165) is 5.56 Å². The van der Waals surface area contributed by atoms with Gasteiger partial charge in [-0.1, -0.05) is 51.1 Å². The average Bonchev–Trinajstić information content (AvgIpc) is 2.79. The number of rotatable bonds is 5. The van der Waals surface area contributed by atoms with Crippen LogP contribution in [-0.2, 0) is 26.1 Å². The Labute approximate surface area is 195 Å². The maximum atomic E-state index is 14.8. The lowest BCUT2D eigenvalue weighted by atomic mass is 9.76. The molecule has 1 aromatic carbocycles. The van der Waals surface area contributed by atoms with Gasteiger partial charge in [0.15, 0.2) is 0 Å². The van der Waals surface area contributed by atoms with E-state index in [1.165, 1.54) is 7.11 Å². The Morgan fingerprint density at radius 2 is 2.03 bits per heavy atom. The number of hydrogen-bond acceptors (Lipinski definition) is 5. The Kier molecular flexibility index (Phi) is 10.0. The molecule has 0 spiro atoms. The van der Waals surface area contributed by atoms with Crippen LogP contribution in [0.5, 0.6) is 0 Å². The number of carbonyl (C=O) groups excluding carboxylic acids is 1. The SMILES string of the molecule is CC[C@H](/C=C(/C)C1C[C@@H](OC)C[C@H](O)C(C)(C)c2cccc(c2)C[C@@H](F)[C@H](F)C(=O)O1)CO. The van der Waals surface area contributed by atoms with Crippen molar-refractivity contribution in [3.8, 4) is 0 Å². The van der Waals surface area contributed by atoms with Gasteiger partial charge in [-0.2, -0.15) is 0 Å². The fourth-order valence-corrected chi connectivity index (χ4v) is 4.15. The molecule has 2 bridgehead atoms. The second-order valence-corrected chi connectivity index (χ2v) is 9.58. The second-order valence-electron chi connectivity index (χ2n) is 9.58. The quantitative estimate of drug-likeness (QED) is 0.500. The van der Waals surface area contributed by atoms with Gasteiger partial charge in [-0.3, -0.25) is 0 Å². The first-order chi connectivity index (χ1) is 15.5. The molecule has 6 atom stereocenters. The third kappa shape index (κ3) is 7.08. The minimum absolute atomic E-state index is 0.0782. The number of esters is 1. The van der Waals surface area contributed by atoms with Gasteiger partial charge in [-0.05, 0) is 30.0 Å². The van der Waals surface area contributed by atoms with E-state index < -0.39 is 42.0 Å². The first-order valence-corrected chi connectivity index (χ1v) is 11.6. The van der Waals surface area contributed by atoms with E-state index >= 15 is 0 Å². The number of methoxy groups -OCH3 is 1. The lowest BCUT2D eigenvalue weighted by molar-refractivity contribution is -0.157. The van der Waals surface area contributed by atoms with Crippen LogP contribution in [0.25, 0.3) is 0 Å². The highest BCUT2D eigenvalue weighted by atomic mass is 19.2. The van der Waals surface area contributed by atoms with Crippen LogP contribution >= 0.6 is 0 Å². The number of ether oxygens (including phenoxy) is 2. The Morgan fingerprint density at radius 1 is 1.33 bits per heavy atom. The molecule has 2 rings (SSSR count). The minimum atomic E-state index is -2.42. The normalized spacial score (nSPS) is 30.3. The predicted molar refractivity (Wildman–Crippen MR) is 124 cm³/mol. The van der Waals surface area contributed by atoms with Crippen molar-refractivity contribution in [3.63, 3.8) is 0 Å². The van der Waals surface area contributed by atoms with Crippen molar-refractivity contribution in [2.75, 3.05) is 13.7 Å². The smallest absolute Gasteiger partial charge is 0.344 e. The summed E-state index contributed by atoms with van der Waals surface area (Å²) in [6, 6.07) is 7.02. The lowest BCUT2D eigenvalue weighted by Crippen LogP contribution is -2.40. The Bertz CT molecular complexity index is 806. The number of cyclic esters (lactones) is 1. The molecule has 2 N–H and O–H groups in total. The summed E-state index contributed by atoms with van der Waals surface area (Å²) in [6.45, 7) is 7.37. The molecule has 1 aliphatic rings. The van der Waals surface area contributed by atoms with Crippen LogP contribution in [0.15, 0.2) is 35.9 Å². The lowest BCUT2D eigenvalue weighted by Gasteiger charge is -2.35. The highest BCUT2D eigenvalue weighted by Gasteiger charge is 2.36. The van der Waals surface area contributed by atoms with Crippen LogP contribution in [0.3, 0.4) is 0 Å². The van der Waals surface area contributed by atoms with Gasteiger partial charge in [0, 0.05) is 44.3 Å². The maximum Gasteiger partial charge on any atom is 0.344 e. The zero-order valence-electron chi connectivity index (χ0n) is 20.3. The number of aliphatic hydroxyl groups is 2. The van der Waals surface area contributed by atoms with Crippen LogP contribution in [-0.4, -0.2) is 60.6 Å². The second kappa shape index (κ2) is 12.0. The summed E-state index contributed by atoms with van der Waals surface area (Å²) >= 11 is 0. The molecule has 186 valence electrons. The van der Waals surface area contributed by atoms with Gasteiger partial charge in [0.05, 0.1) is 12.2 Å². The van der Waals surface area contributed by atoms with Gasteiger partial charge in [-0.25, -0.2) is 13.6 Å². The van der Waals surface area contributed by atoms with Crippen LogP contribution in [0.2, 0.25) is 0 Å². The van der Waals surface area contributed by atoms with E-state index in [1.54, 1.807) is 31.2 Å². The zero-order valence-corrected chi connectivity index (χ0v) is 20.3. The molecule has 1 unspecified atom stereocenters. The van der Waals surface area contributed by atoms with Crippen molar-refractivity contribution in [2.24, 2.45) is 5.92 Å². The summed E-state index contributed by atoms with van der Waals surface area (Å²) in [5, 5.41) is 20.6. The average molecular weight is 469 g/mol. The van der Waals surface area contributed by atoms with E-state index in [9.17, 15) is 23.8 Å². The van der Waals surface area contributed by atoms with Crippen LogP contribution in [0.4, 0.5) is 8.78 Å². The Hall–Kier alpha value is -1.83. The van der Waals surface area contributed by atoms with Crippen molar-refractivity contribution in [1.82, 2.24) is 0 Å². The van der Waals surface area contributed by atoms with Gasteiger partial charge in [0.25, 0.3) is 0 Å². The van der Waals surface area contributed by atoms with Crippen molar-refractivity contribution in [1.29, 1.82) is 0 Å². The predicted octanol–water partition coefficient (Wildman–Crippen LogP) is 4.23. The van der Waals surface area contributed by atoms with Crippen molar-refractivity contribution in [2.45, 2.75) is 89.4 Å². The molecule has 1 aromatic rings. The molecule has 33 heavy (non-hydrogen) atoms. The molecule has 0 saturated heterocycles. The molecule has 1 aliphatic heterocycles. The van der Waals surface area contributed by atoms with Gasteiger partial charge < -0.3 is 19.7 Å². The molecular formula is C26H38F2O5. The summed E-state index contributed by atoms with van der Waals surface area (Å²) in [7, 11) is 1.50.